The minimum atomic E-state index is -4.25. The summed E-state index contributed by atoms with van der Waals surface area (Å²) in [6, 6.07) is 5.94. The molecule has 1 saturated carbocycles. The fraction of sp³-hybridized carbons (Fsp3) is 0.647. The third-order valence-electron chi connectivity index (χ3n) is 4.46. The Morgan fingerprint density at radius 1 is 1.14 bits per heavy atom. The van der Waals surface area contributed by atoms with E-state index < -0.39 is 11.7 Å². The third kappa shape index (κ3) is 4.47. The lowest BCUT2D eigenvalue weighted by atomic mass is 9.82. The van der Waals surface area contributed by atoms with Gasteiger partial charge in [-0.1, -0.05) is 44.4 Å². The van der Waals surface area contributed by atoms with E-state index in [2.05, 4.69) is 12.2 Å². The Morgan fingerprint density at radius 2 is 1.90 bits per heavy atom. The van der Waals surface area contributed by atoms with Crippen molar-refractivity contribution in [2.75, 3.05) is 13.1 Å². The van der Waals surface area contributed by atoms with Crippen LogP contribution in [0.2, 0.25) is 0 Å². The number of rotatable bonds is 4. The molecule has 2 rings (SSSR count). The molecular formula is C17H24F3N. The fourth-order valence-electron chi connectivity index (χ4n) is 3.34. The molecular weight excluding hydrogens is 275 g/mol. The van der Waals surface area contributed by atoms with Crippen LogP contribution in [0.25, 0.3) is 0 Å². The molecule has 1 N–H and O–H groups in total. The van der Waals surface area contributed by atoms with Gasteiger partial charge in [0, 0.05) is 0 Å². The Bertz CT molecular complexity index is 442. The Hall–Kier alpha value is -1.03. The van der Waals surface area contributed by atoms with Crippen molar-refractivity contribution in [3.8, 4) is 0 Å². The second-order valence-corrected chi connectivity index (χ2v) is 5.94. The molecule has 1 aliphatic rings. The van der Waals surface area contributed by atoms with Crippen molar-refractivity contribution in [1.82, 2.24) is 5.32 Å². The van der Waals surface area contributed by atoms with Gasteiger partial charge in [-0.2, -0.15) is 13.2 Å². The van der Waals surface area contributed by atoms with Crippen LogP contribution in [0.15, 0.2) is 24.3 Å². The fourth-order valence-corrected chi connectivity index (χ4v) is 3.34. The van der Waals surface area contributed by atoms with Crippen LogP contribution in [0.3, 0.4) is 0 Å². The second kappa shape index (κ2) is 7.30. The number of halogens is 3. The van der Waals surface area contributed by atoms with Crippen LogP contribution < -0.4 is 5.32 Å². The maximum absolute atomic E-state index is 12.9. The number of alkyl halides is 3. The monoisotopic (exact) mass is 299 g/mol. The van der Waals surface area contributed by atoms with Crippen molar-refractivity contribution in [3.63, 3.8) is 0 Å². The number of nitrogens with one attached hydrogen (secondary N) is 1. The van der Waals surface area contributed by atoms with Gasteiger partial charge in [-0.05, 0) is 49.4 Å². The predicted molar refractivity (Wildman–Crippen MR) is 79.3 cm³/mol. The van der Waals surface area contributed by atoms with E-state index in [0.29, 0.717) is 5.92 Å². The second-order valence-electron chi connectivity index (χ2n) is 5.94. The number of hydrogen-bond donors (Lipinski definition) is 1. The highest BCUT2D eigenvalue weighted by molar-refractivity contribution is 5.29. The van der Waals surface area contributed by atoms with Gasteiger partial charge in [0.15, 0.2) is 0 Å². The third-order valence-corrected chi connectivity index (χ3v) is 4.46. The first-order valence-electron chi connectivity index (χ1n) is 7.90. The largest absolute Gasteiger partial charge is 0.416 e. The Morgan fingerprint density at radius 3 is 2.62 bits per heavy atom. The van der Waals surface area contributed by atoms with Gasteiger partial charge in [0.25, 0.3) is 0 Å². The maximum atomic E-state index is 12.9. The van der Waals surface area contributed by atoms with Crippen LogP contribution in [0.5, 0.6) is 0 Å². The van der Waals surface area contributed by atoms with Gasteiger partial charge in [0.05, 0.1) is 5.56 Å². The zero-order valence-corrected chi connectivity index (χ0v) is 12.5. The topological polar surface area (TPSA) is 12.0 Å². The minimum absolute atomic E-state index is 0.244. The summed E-state index contributed by atoms with van der Waals surface area (Å²) < 4.78 is 38.7. The summed E-state index contributed by atoms with van der Waals surface area (Å²) in [5, 5.41) is 3.37. The quantitative estimate of drug-likeness (QED) is 0.773. The first-order valence-corrected chi connectivity index (χ1v) is 7.90. The minimum Gasteiger partial charge on any atom is -0.317 e. The average Bonchev–Trinajstić information content (AvgIpc) is 2.69. The van der Waals surface area contributed by atoms with Crippen LogP contribution in [0, 0.1) is 5.92 Å². The van der Waals surface area contributed by atoms with E-state index in [9.17, 15) is 13.2 Å². The lowest BCUT2D eigenvalue weighted by molar-refractivity contribution is -0.137. The van der Waals surface area contributed by atoms with E-state index in [4.69, 9.17) is 0 Å². The van der Waals surface area contributed by atoms with Crippen LogP contribution in [0.4, 0.5) is 13.2 Å². The number of benzene rings is 1. The van der Waals surface area contributed by atoms with Crippen molar-refractivity contribution in [2.24, 2.45) is 5.92 Å². The molecule has 0 heterocycles. The molecule has 21 heavy (non-hydrogen) atoms. The molecule has 0 aliphatic heterocycles. The van der Waals surface area contributed by atoms with Crippen molar-refractivity contribution >= 4 is 0 Å². The smallest absolute Gasteiger partial charge is 0.317 e. The van der Waals surface area contributed by atoms with Crippen LogP contribution in [0.1, 0.15) is 56.1 Å². The zero-order valence-electron chi connectivity index (χ0n) is 12.5. The summed E-state index contributed by atoms with van der Waals surface area (Å²) in [5.41, 5.74) is 0.334. The zero-order chi connectivity index (χ0) is 15.3. The molecule has 0 bridgehead atoms. The van der Waals surface area contributed by atoms with Gasteiger partial charge in [-0.15, -0.1) is 0 Å². The van der Waals surface area contributed by atoms with Gasteiger partial charge in [0.2, 0.25) is 0 Å². The standard InChI is InChI=1S/C17H24F3N/c1-2-21-12-14-7-4-3-5-10-16(14)13-8-6-9-15(11-13)17(18,19)20/h6,8-9,11,14,16,21H,2-5,7,10,12H2,1H3. The van der Waals surface area contributed by atoms with Gasteiger partial charge in [-0.25, -0.2) is 0 Å². The lowest BCUT2D eigenvalue weighted by Gasteiger charge is -2.26. The first-order chi connectivity index (χ1) is 10.0. The van der Waals surface area contributed by atoms with Gasteiger partial charge in [-0.3, -0.25) is 0 Å². The summed E-state index contributed by atoms with van der Waals surface area (Å²) in [6.45, 7) is 3.87. The Kier molecular flexibility index (Phi) is 5.68. The SMILES string of the molecule is CCNCC1CCCCCC1c1cccc(C(F)(F)F)c1. The molecule has 1 fully saturated rings. The van der Waals surface area contributed by atoms with E-state index in [1.807, 2.05) is 6.07 Å². The molecule has 1 nitrogen and oxygen atoms in total. The molecule has 2 atom stereocenters. The van der Waals surface area contributed by atoms with Crippen molar-refractivity contribution in [1.29, 1.82) is 0 Å². The molecule has 0 spiro atoms. The van der Waals surface area contributed by atoms with Crippen LogP contribution in [-0.4, -0.2) is 13.1 Å². The first kappa shape index (κ1) is 16.3. The molecule has 1 aromatic rings. The molecule has 2 unspecified atom stereocenters. The molecule has 0 aromatic heterocycles. The van der Waals surface area contributed by atoms with Crippen molar-refractivity contribution in [2.45, 2.75) is 51.1 Å². The van der Waals surface area contributed by atoms with Gasteiger partial charge < -0.3 is 5.32 Å². The van der Waals surface area contributed by atoms with Gasteiger partial charge in [0.1, 0.15) is 0 Å². The molecule has 0 radical (unpaired) electrons. The van der Waals surface area contributed by atoms with E-state index >= 15 is 0 Å². The van der Waals surface area contributed by atoms with E-state index in [0.717, 1.165) is 37.9 Å². The highest BCUT2D eigenvalue weighted by Crippen LogP contribution is 2.38. The molecule has 1 aliphatic carbocycles. The highest BCUT2D eigenvalue weighted by Gasteiger charge is 2.32. The Balaban J connectivity index is 2.23. The molecule has 4 heteroatoms. The summed E-state index contributed by atoms with van der Waals surface area (Å²) >= 11 is 0. The van der Waals surface area contributed by atoms with Gasteiger partial charge >= 0.3 is 6.18 Å². The lowest BCUT2D eigenvalue weighted by Crippen LogP contribution is -2.26. The normalized spacial score (nSPS) is 23.8. The van der Waals surface area contributed by atoms with Crippen LogP contribution >= 0.6 is 0 Å². The number of hydrogen-bond acceptors (Lipinski definition) is 1. The summed E-state index contributed by atoms with van der Waals surface area (Å²) in [7, 11) is 0. The predicted octanol–water partition coefficient (Wildman–Crippen LogP) is 4.98. The molecule has 0 amide bonds. The van der Waals surface area contributed by atoms with E-state index in [1.54, 1.807) is 6.07 Å². The highest BCUT2D eigenvalue weighted by atomic mass is 19.4. The average molecular weight is 299 g/mol. The van der Waals surface area contributed by atoms with E-state index in [1.165, 1.54) is 25.0 Å². The van der Waals surface area contributed by atoms with E-state index in [-0.39, 0.29) is 5.92 Å². The Labute approximate surface area is 124 Å². The summed E-state index contributed by atoms with van der Waals surface area (Å²) in [5.74, 6) is 0.685. The summed E-state index contributed by atoms with van der Waals surface area (Å²) in [6.07, 6.45) is 1.34. The summed E-state index contributed by atoms with van der Waals surface area (Å²) in [4.78, 5) is 0. The van der Waals surface area contributed by atoms with Crippen molar-refractivity contribution in [3.05, 3.63) is 35.4 Å². The van der Waals surface area contributed by atoms with Crippen LogP contribution in [-0.2, 0) is 6.18 Å². The molecule has 118 valence electrons. The molecule has 1 aromatic carbocycles. The maximum Gasteiger partial charge on any atom is 0.416 e. The molecule has 0 saturated heterocycles. The van der Waals surface area contributed by atoms with Crippen molar-refractivity contribution < 1.29 is 13.2 Å².